The van der Waals surface area contributed by atoms with Crippen molar-refractivity contribution in [1.82, 2.24) is 0 Å². The molecular weight excluding hydrogens is 311 g/mol. The summed E-state index contributed by atoms with van der Waals surface area (Å²) in [4.78, 5) is 0. The first-order chi connectivity index (χ1) is 8.18. The molecule has 0 fully saturated rings. The van der Waals surface area contributed by atoms with E-state index in [1.165, 1.54) is 12.0 Å². The average Bonchev–Trinajstić information content (AvgIpc) is 2.72. The Labute approximate surface area is 141 Å². The molecule has 0 amide bonds. The van der Waals surface area contributed by atoms with Gasteiger partial charge in [-0.25, -0.2) is 0 Å². The molecule has 0 spiro atoms. The van der Waals surface area contributed by atoms with E-state index in [0.29, 0.717) is 11.8 Å². The molecular formula is C16H19Cl2Ti. The van der Waals surface area contributed by atoms with E-state index in [9.17, 15) is 0 Å². The van der Waals surface area contributed by atoms with E-state index in [1.54, 1.807) is 9.45 Å². The molecule has 0 aromatic heterocycles. The number of allylic oxidation sites excluding steroid dienone is 4. The summed E-state index contributed by atoms with van der Waals surface area (Å²) in [6.45, 7) is 4.65. The van der Waals surface area contributed by atoms with Gasteiger partial charge in [0.2, 0.25) is 0 Å². The number of rotatable bonds is 4. The smallest absolute Gasteiger partial charge is 1.00 e. The second-order valence-electron chi connectivity index (χ2n) is 5.08. The van der Waals surface area contributed by atoms with Crippen LogP contribution >= 0.6 is 0 Å². The van der Waals surface area contributed by atoms with Crippen LogP contribution in [0.4, 0.5) is 0 Å². The van der Waals surface area contributed by atoms with E-state index in [0.717, 1.165) is 6.42 Å². The normalized spacial score (nSPS) is 15.2. The van der Waals surface area contributed by atoms with Crippen LogP contribution in [-0.4, -0.2) is 0 Å². The maximum atomic E-state index is 2.33. The van der Waals surface area contributed by atoms with Crippen molar-refractivity contribution in [3.8, 4) is 0 Å². The fraction of sp³-hybridized carbons (Fsp3) is 0.375. The first-order valence-electron chi connectivity index (χ1n) is 6.33. The van der Waals surface area contributed by atoms with Crippen molar-refractivity contribution in [2.75, 3.05) is 0 Å². The largest absolute Gasteiger partial charge is 1.00 e. The Kier molecular flexibility index (Phi) is 9.02. The number of halogens is 2. The maximum Gasteiger partial charge on any atom is -1.00 e. The molecule has 0 radical (unpaired) electrons. The molecule has 19 heavy (non-hydrogen) atoms. The van der Waals surface area contributed by atoms with Gasteiger partial charge in [0.1, 0.15) is 0 Å². The van der Waals surface area contributed by atoms with Crippen molar-refractivity contribution in [3.63, 3.8) is 0 Å². The van der Waals surface area contributed by atoms with Crippen LogP contribution in [-0.2, 0) is 20.4 Å². The molecule has 0 N–H and O–H groups in total. The summed E-state index contributed by atoms with van der Waals surface area (Å²) in [5.41, 5.74) is 3.02. The molecule has 0 saturated carbocycles. The molecule has 101 valence electrons. The van der Waals surface area contributed by atoms with Gasteiger partial charge < -0.3 is 24.8 Å². The van der Waals surface area contributed by atoms with Crippen molar-refractivity contribution in [2.45, 2.75) is 32.6 Å². The van der Waals surface area contributed by atoms with Crippen LogP contribution < -0.4 is 24.8 Å². The van der Waals surface area contributed by atoms with Crippen molar-refractivity contribution in [1.29, 1.82) is 0 Å². The van der Waals surface area contributed by atoms with Crippen LogP contribution in [0, 0.1) is 5.92 Å². The molecule has 1 unspecified atom stereocenters. The Hall–Kier alpha value is -0.00571. The molecule has 1 aromatic carbocycles. The Balaban J connectivity index is 0.00000162. The fourth-order valence-electron chi connectivity index (χ4n) is 2.42. The summed E-state index contributed by atoms with van der Waals surface area (Å²) in [6, 6.07) is 10.9. The molecule has 3 heteroatoms. The minimum atomic E-state index is 0. The van der Waals surface area contributed by atoms with Gasteiger partial charge in [-0.1, -0.05) is 0 Å². The third kappa shape index (κ3) is 5.12. The van der Waals surface area contributed by atoms with E-state index < -0.39 is 0 Å². The summed E-state index contributed by atoms with van der Waals surface area (Å²) in [6.07, 6.45) is 6.93. The SMILES string of the molecule is CC(C)C(CC1=[C]([Ti+2])CC=C1)c1ccccc1.[Cl-].[Cl-]. The van der Waals surface area contributed by atoms with E-state index in [-0.39, 0.29) is 24.8 Å². The van der Waals surface area contributed by atoms with Crippen molar-refractivity contribution >= 4 is 0 Å². The van der Waals surface area contributed by atoms with Crippen LogP contribution in [0.3, 0.4) is 0 Å². The van der Waals surface area contributed by atoms with Crippen LogP contribution in [0.1, 0.15) is 38.2 Å². The first kappa shape index (κ1) is 19.0. The van der Waals surface area contributed by atoms with Gasteiger partial charge in [-0.2, -0.15) is 0 Å². The molecule has 2 rings (SSSR count). The minimum absolute atomic E-state index is 0. The van der Waals surface area contributed by atoms with Crippen LogP contribution in [0.15, 0.2) is 51.9 Å². The molecule has 0 nitrogen and oxygen atoms in total. The Bertz CT molecular complexity index is 435. The van der Waals surface area contributed by atoms with Crippen LogP contribution in [0.25, 0.3) is 0 Å². The predicted octanol–water partition coefficient (Wildman–Crippen LogP) is -1.41. The topological polar surface area (TPSA) is 0 Å². The molecule has 1 aromatic rings. The van der Waals surface area contributed by atoms with E-state index in [4.69, 9.17) is 0 Å². The van der Waals surface area contributed by atoms with Crippen molar-refractivity contribution in [3.05, 3.63) is 57.5 Å². The quantitative estimate of drug-likeness (QED) is 0.595. The molecule has 0 aliphatic heterocycles. The molecule has 0 heterocycles. The van der Waals surface area contributed by atoms with Gasteiger partial charge >= 0.3 is 116 Å². The maximum absolute atomic E-state index is 2.33. The monoisotopic (exact) mass is 329 g/mol. The van der Waals surface area contributed by atoms with E-state index in [2.05, 4.69) is 76.8 Å². The zero-order valence-corrected chi connectivity index (χ0v) is 14.4. The number of hydrogen-bond acceptors (Lipinski definition) is 0. The Morgan fingerprint density at radius 3 is 2.21 bits per heavy atom. The molecule has 1 atom stereocenters. The summed E-state index contributed by atoms with van der Waals surface area (Å²) >= 11 is 2.26. The summed E-state index contributed by atoms with van der Waals surface area (Å²) in [5, 5.41) is 0. The molecule has 0 bridgehead atoms. The van der Waals surface area contributed by atoms with E-state index >= 15 is 0 Å². The zero-order valence-electron chi connectivity index (χ0n) is 11.4. The van der Waals surface area contributed by atoms with Gasteiger partial charge in [0.15, 0.2) is 0 Å². The van der Waals surface area contributed by atoms with E-state index in [1.807, 2.05) is 0 Å². The van der Waals surface area contributed by atoms with Crippen LogP contribution in [0.2, 0.25) is 0 Å². The molecule has 0 saturated heterocycles. The van der Waals surface area contributed by atoms with Gasteiger partial charge in [-0.3, -0.25) is 0 Å². The molecule has 1 aliphatic carbocycles. The standard InChI is InChI=1S/C16H19.2ClH.Ti/c1-13(2)16(12-14-8-6-7-9-14)15-10-4-3-5-11-15;;;/h3-6,8,10-11,13,16H,7,12H2,1-2H3;2*1H;/q;;;+2/p-2. The van der Waals surface area contributed by atoms with Gasteiger partial charge in [0, 0.05) is 0 Å². The summed E-state index contributed by atoms with van der Waals surface area (Å²) in [7, 11) is 0. The number of benzene rings is 1. The fourth-order valence-corrected chi connectivity index (χ4v) is 2.89. The molecule has 1 aliphatic rings. The second-order valence-corrected chi connectivity index (χ2v) is 6.02. The summed E-state index contributed by atoms with van der Waals surface area (Å²) < 4.78 is 1.55. The Morgan fingerprint density at radius 1 is 1.11 bits per heavy atom. The van der Waals surface area contributed by atoms with Crippen molar-refractivity contribution in [2.24, 2.45) is 5.92 Å². The summed E-state index contributed by atoms with van der Waals surface area (Å²) in [5.74, 6) is 1.33. The predicted molar refractivity (Wildman–Crippen MR) is 69.4 cm³/mol. The first-order valence-corrected chi connectivity index (χ1v) is 7.11. The van der Waals surface area contributed by atoms with Gasteiger partial charge in [-0.15, -0.1) is 0 Å². The zero-order chi connectivity index (χ0) is 12.3. The van der Waals surface area contributed by atoms with Gasteiger partial charge in [0.05, 0.1) is 0 Å². The number of hydrogen-bond donors (Lipinski definition) is 0. The minimum Gasteiger partial charge on any atom is -1.00 e. The third-order valence-electron chi connectivity index (χ3n) is 3.50. The van der Waals surface area contributed by atoms with Crippen molar-refractivity contribution < 1.29 is 45.2 Å². The Morgan fingerprint density at radius 2 is 1.74 bits per heavy atom. The third-order valence-corrected chi connectivity index (χ3v) is 4.32. The van der Waals surface area contributed by atoms with Gasteiger partial charge in [0.25, 0.3) is 0 Å². The van der Waals surface area contributed by atoms with Crippen LogP contribution in [0.5, 0.6) is 0 Å². The average molecular weight is 330 g/mol. The van der Waals surface area contributed by atoms with Gasteiger partial charge in [-0.05, 0) is 0 Å². The second kappa shape index (κ2) is 9.03.